The summed E-state index contributed by atoms with van der Waals surface area (Å²) in [5.74, 6) is 0.768. The predicted octanol–water partition coefficient (Wildman–Crippen LogP) is 7.50. The van der Waals surface area contributed by atoms with Crippen LogP contribution in [0.25, 0.3) is 6.08 Å². The van der Waals surface area contributed by atoms with Crippen molar-refractivity contribution in [3.8, 4) is 0 Å². The van der Waals surface area contributed by atoms with Crippen LogP contribution in [0.3, 0.4) is 0 Å². The fraction of sp³-hybridized carbons (Fsp3) is 0.444. The quantitative estimate of drug-likeness (QED) is 0.480. The van der Waals surface area contributed by atoms with Crippen molar-refractivity contribution >= 4 is 35.0 Å². The van der Waals surface area contributed by atoms with Crippen LogP contribution in [0.2, 0.25) is 0 Å². The lowest BCUT2D eigenvalue weighted by Crippen LogP contribution is -2.32. The van der Waals surface area contributed by atoms with E-state index in [1.165, 1.54) is 34.0 Å². The summed E-state index contributed by atoms with van der Waals surface area (Å²) in [5.41, 5.74) is 4.69. The second kappa shape index (κ2) is 7.02. The van der Waals surface area contributed by atoms with Crippen molar-refractivity contribution in [2.75, 3.05) is 11.4 Å². The van der Waals surface area contributed by atoms with Gasteiger partial charge in [0.2, 0.25) is 0 Å². The van der Waals surface area contributed by atoms with Gasteiger partial charge in [0.25, 0.3) is 0 Å². The monoisotopic (exact) mass is 417 g/mol. The number of nitrogens with zero attached hydrogens (tertiary/aromatic N) is 1. The third-order valence-corrected chi connectivity index (χ3v) is 9.19. The van der Waals surface area contributed by atoms with E-state index in [4.69, 9.17) is 0 Å². The Kier molecular flexibility index (Phi) is 4.66. The molecule has 2 aliphatic carbocycles. The summed E-state index contributed by atoms with van der Waals surface area (Å²) in [4.78, 5) is 18.3. The highest BCUT2D eigenvalue weighted by molar-refractivity contribution is 7.99. The minimum atomic E-state index is -0.192. The Morgan fingerprint density at radius 1 is 1.10 bits per heavy atom. The van der Waals surface area contributed by atoms with Crippen LogP contribution in [0, 0.1) is 16.7 Å². The highest BCUT2D eigenvalue weighted by Gasteiger charge is 2.63. The van der Waals surface area contributed by atoms with Crippen LogP contribution < -0.4 is 4.90 Å². The lowest BCUT2D eigenvalue weighted by Gasteiger charge is -2.33. The number of carbonyl (C=O) groups excluding carboxylic acids is 1. The van der Waals surface area contributed by atoms with Gasteiger partial charge >= 0.3 is 0 Å². The van der Waals surface area contributed by atoms with Crippen LogP contribution in [0.4, 0.5) is 11.4 Å². The zero-order valence-electron chi connectivity index (χ0n) is 18.5. The summed E-state index contributed by atoms with van der Waals surface area (Å²) in [7, 11) is 0. The summed E-state index contributed by atoms with van der Waals surface area (Å²) >= 11 is 1.85. The molecule has 3 heteroatoms. The molecule has 2 nitrogen and oxygen atoms in total. The number of anilines is 2. The number of hydrogen-bond acceptors (Lipinski definition) is 3. The molecule has 2 aromatic carbocycles. The van der Waals surface area contributed by atoms with Gasteiger partial charge in [-0.1, -0.05) is 64.1 Å². The average Bonchev–Trinajstić information content (AvgIpc) is 3.04. The Labute approximate surface area is 184 Å². The molecule has 3 aliphatic rings. The molecule has 1 aliphatic heterocycles. The number of ketones is 1. The molecule has 0 N–H and O–H groups in total. The summed E-state index contributed by atoms with van der Waals surface area (Å²) in [6.07, 6.45) is 6.72. The molecule has 1 heterocycles. The maximum Gasteiger partial charge on any atom is 0.165 e. The Morgan fingerprint density at radius 2 is 1.87 bits per heavy atom. The molecule has 2 saturated carbocycles. The fourth-order valence-corrected chi connectivity index (χ4v) is 6.91. The van der Waals surface area contributed by atoms with Crippen LogP contribution >= 0.6 is 11.8 Å². The molecule has 0 aromatic heterocycles. The normalized spacial score (nSPS) is 27.5. The summed E-state index contributed by atoms with van der Waals surface area (Å²) < 4.78 is 0. The smallest absolute Gasteiger partial charge is 0.165 e. The van der Waals surface area contributed by atoms with Crippen LogP contribution in [0.5, 0.6) is 0 Å². The number of fused-ring (bicyclic) bond motifs is 4. The third-order valence-electron chi connectivity index (χ3n) is 8.07. The van der Waals surface area contributed by atoms with Crippen LogP contribution in [0.15, 0.2) is 57.8 Å². The van der Waals surface area contributed by atoms with Gasteiger partial charge in [-0.2, -0.15) is 0 Å². The standard InChI is InChI=1S/C27H31NOS/c1-5-6-15-28-21-9-7-8-10-23(21)30-24-17-18(11-12-22(24)28)16-19-20-13-14-27(4,25(19)29)26(20,2)3/h7-12,16-17,20H,5-6,13-15H2,1-4H3. The number of hydrogen-bond donors (Lipinski definition) is 0. The average molecular weight is 418 g/mol. The van der Waals surface area contributed by atoms with Crippen molar-refractivity contribution in [2.24, 2.45) is 16.7 Å². The van der Waals surface area contributed by atoms with Crippen LogP contribution in [0.1, 0.15) is 58.9 Å². The highest BCUT2D eigenvalue weighted by atomic mass is 32.2. The van der Waals surface area contributed by atoms with E-state index in [0.717, 1.165) is 30.5 Å². The molecule has 2 atom stereocenters. The highest BCUT2D eigenvalue weighted by Crippen LogP contribution is 2.65. The van der Waals surface area contributed by atoms with Gasteiger partial charge in [-0.15, -0.1) is 0 Å². The van der Waals surface area contributed by atoms with Crippen molar-refractivity contribution in [1.29, 1.82) is 0 Å². The Hall–Kier alpha value is -2.00. The minimum absolute atomic E-state index is 0.0643. The van der Waals surface area contributed by atoms with Crippen LogP contribution in [-0.4, -0.2) is 12.3 Å². The topological polar surface area (TPSA) is 20.3 Å². The molecule has 2 fully saturated rings. The number of unbranched alkanes of at least 4 members (excludes halogenated alkanes) is 1. The minimum Gasteiger partial charge on any atom is -0.340 e. The SMILES string of the molecule is CCCCN1c2ccccc2Sc2cc(C=C3C(=O)C4(C)CCC3C4(C)C)ccc21. The molecule has 156 valence electrons. The summed E-state index contributed by atoms with van der Waals surface area (Å²) in [6, 6.07) is 15.4. The summed E-state index contributed by atoms with van der Waals surface area (Å²) in [5, 5.41) is 0. The zero-order valence-corrected chi connectivity index (χ0v) is 19.3. The van der Waals surface area contributed by atoms with Crippen molar-refractivity contribution < 1.29 is 4.79 Å². The first-order chi connectivity index (χ1) is 14.4. The predicted molar refractivity (Wildman–Crippen MR) is 127 cm³/mol. The molecular formula is C27H31NOS. The number of rotatable bonds is 4. The van der Waals surface area contributed by atoms with Gasteiger partial charge in [0.05, 0.1) is 11.4 Å². The molecular weight excluding hydrogens is 386 g/mol. The largest absolute Gasteiger partial charge is 0.340 e. The van der Waals surface area contributed by atoms with E-state index >= 15 is 0 Å². The van der Waals surface area contributed by atoms with Gasteiger partial charge in [-0.3, -0.25) is 4.79 Å². The van der Waals surface area contributed by atoms with E-state index in [9.17, 15) is 4.79 Å². The van der Waals surface area contributed by atoms with Crippen molar-refractivity contribution in [2.45, 2.75) is 63.2 Å². The molecule has 0 amide bonds. The second-order valence-electron chi connectivity index (χ2n) is 9.88. The van der Waals surface area contributed by atoms with Gasteiger partial charge in [-0.25, -0.2) is 0 Å². The first-order valence-corrected chi connectivity index (χ1v) is 12.1. The van der Waals surface area contributed by atoms with E-state index < -0.39 is 0 Å². The van der Waals surface area contributed by atoms with E-state index in [-0.39, 0.29) is 10.8 Å². The van der Waals surface area contributed by atoms with Gasteiger partial charge in [0.1, 0.15) is 0 Å². The number of benzene rings is 2. The van der Waals surface area contributed by atoms with Gasteiger partial charge in [-0.05, 0) is 72.1 Å². The molecule has 5 rings (SSSR count). The van der Waals surface area contributed by atoms with Crippen molar-refractivity contribution in [1.82, 2.24) is 0 Å². The molecule has 0 saturated heterocycles. The second-order valence-corrected chi connectivity index (χ2v) is 11.0. The van der Waals surface area contributed by atoms with Gasteiger partial charge in [0, 0.05) is 21.8 Å². The lowest BCUT2D eigenvalue weighted by atomic mass is 9.70. The first kappa shape index (κ1) is 19.9. The molecule has 2 aromatic rings. The van der Waals surface area contributed by atoms with Crippen LogP contribution in [-0.2, 0) is 4.79 Å². The number of allylic oxidation sites excluding steroid dienone is 1. The van der Waals surface area contributed by atoms with E-state index in [1.807, 2.05) is 11.8 Å². The van der Waals surface area contributed by atoms with Gasteiger partial charge < -0.3 is 4.90 Å². The zero-order chi connectivity index (χ0) is 21.1. The summed E-state index contributed by atoms with van der Waals surface area (Å²) in [6.45, 7) is 10.0. The maximum atomic E-state index is 13.2. The van der Waals surface area contributed by atoms with E-state index in [2.05, 4.69) is 81.1 Å². The first-order valence-electron chi connectivity index (χ1n) is 11.3. The lowest BCUT2D eigenvalue weighted by molar-refractivity contribution is -0.125. The van der Waals surface area contributed by atoms with E-state index in [0.29, 0.717) is 11.7 Å². The fourth-order valence-electron chi connectivity index (χ4n) is 5.77. The molecule has 0 spiro atoms. The van der Waals surface area contributed by atoms with Gasteiger partial charge in [0.15, 0.2) is 5.78 Å². The molecule has 30 heavy (non-hydrogen) atoms. The van der Waals surface area contributed by atoms with Crippen molar-refractivity contribution in [3.63, 3.8) is 0 Å². The number of Topliss-reactive ketones (excluding diaryl/α,β-unsaturated/α-hetero) is 1. The van der Waals surface area contributed by atoms with E-state index in [1.54, 1.807) is 0 Å². The Bertz CT molecular complexity index is 1050. The van der Waals surface area contributed by atoms with Crippen molar-refractivity contribution in [3.05, 3.63) is 53.6 Å². The maximum absolute atomic E-state index is 13.2. The molecule has 2 bridgehead atoms. The molecule has 2 unspecified atom stereocenters. The Morgan fingerprint density at radius 3 is 2.60 bits per heavy atom. The number of para-hydroxylation sites is 1. The third kappa shape index (κ3) is 2.74. The molecule has 0 radical (unpaired) electrons. The Balaban J connectivity index is 1.53. The number of carbonyl (C=O) groups is 1.